The Morgan fingerprint density at radius 3 is 2.40 bits per heavy atom. The van der Waals surface area contributed by atoms with E-state index in [1.54, 1.807) is 0 Å². The lowest BCUT2D eigenvalue weighted by molar-refractivity contribution is 0.579. The number of halogens is 3. The molecule has 8 heteroatoms. The predicted molar refractivity (Wildman–Crippen MR) is 77.1 cm³/mol. The molecule has 112 valence electrons. The molecule has 0 saturated heterocycles. The van der Waals surface area contributed by atoms with E-state index in [0.29, 0.717) is 19.0 Å². The maximum Gasteiger partial charge on any atom is 0.232 e. The molecular formula is C12H15BrF2N2O2S. The van der Waals surface area contributed by atoms with Crippen LogP contribution in [-0.4, -0.2) is 26.8 Å². The van der Waals surface area contributed by atoms with E-state index >= 15 is 0 Å². The van der Waals surface area contributed by atoms with Crippen LogP contribution < -0.4 is 10.0 Å². The summed E-state index contributed by atoms with van der Waals surface area (Å²) in [4.78, 5) is 0. The van der Waals surface area contributed by atoms with Crippen molar-refractivity contribution in [2.75, 3.05) is 17.0 Å². The summed E-state index contributed by atoms with van der Waals surface area (Å²) >= 11 is 2.93. The molecule has 4 nitrogen and oxygen atoms in total. The van der Waals surface area contributed by atoms with Gasteiger partial charge in [0.25, 0.3) is 0 Å². The van der Waals surface area contributed by atoms with Gasteiger partial charge in [0.15, 0.2) is 11.6 Å². The van der Waals surface area contributed by atoms with Gasteiger partial charge < -0.3 is 5.32 Å². The summed E-state index contributed by atoms with van der Waals surface area (Å²) in [6.45, 7) is 0.580. The number of anilines is 1. The first-order chi connectivity index (χ1) is 9.37. The van der Waals surface area contributed by atoms with E-state index in [1.165, 1.54) is 0 Å². The van der Waals surface area contributed by atoms with Crippen LogP contribution in [0.25, 0.3) is 0 Å². The molecule has 1 aromatic carbocycles. The van der Waals surface area contributed by atoms with Crippen LogP contribution in [0.3, 0.4) is 0 Å². The van der Waals surface area contributed by atoms with Gasteiger partial charge in [-0.15, -0.1) is 0 Å². The van der Waals surface area contributed by atoms with Crippen molar-refractivity contribution >= 4 is 31.6 Å². The maximum absolute atomic E-state index is 13.5. The molecule has 0 spiro atoms. The van der Waals surface area contributed by atoms with Gasteiger partial charge in [-0.05, 0) is 37.9 Å². The second kappa shape index (κ2) is 6.36. The number of sulfonamides is 1. The summed E-state index contributed by atoms with van der Waals surface area (Å²) in [5.41, 5.74) is -0.636. The van der Waals surface area contributed by atoms with Crippen LogP contribution in [-0.2, 0) is 10.0 Å². The van der Waals surface area contributed by atoms with Crippen molar-refractivity contribution in [2.24, 2.45) is 0 Å². The summed E-state index contributed by atoms with van der Waals surface area (Å²) in [5.74, 6) is -2.07. The third kappa shape index (κ3) is 4.68. The molecule has 0 atom stereocenters. The van der Waals surface area contributed by atoms with Crippen LogP contribution in [0.1, 0.15) is 19.3 Å². The molecule has 1 aliphatic rings. The van der Waals surface area contributed by atoms with Crippen LogP contribution >= 0.6 is 15.9 Å². The standard InChI is InChI=1S/C12H15BrF2N2O2S/c13-8-6-10(14)12(11(15)7-8)17-20(18,19)5-1-4-16-9-2-3-9/h6-7,9,16-17H,1-5H2. The van der Waals surface area contributed by atoms with E-state index in [0.717, 1.165) is 25.0 Å². The lowest BCUT2D eigenvalue weighted by Crippen LogP contribution is -2.23. The fraction of sp³-hybridized carbons (Fsp3) is 0.500. The molecule has 0 bridgehead atoms. The highest BCUT2D eigenvalue weighted by atomic mass is 79.9. The maximum atomic E-state index is 13.5. The van der Waals surface area contributed by atoms with E-state index in [9.17, 15) is 17.2 Å². The zero-order valence-electron chi connectivity index (χ0n) is 10.6. The third-order valence-corrected chi connectivity index (χ3v) is 4.66. The Bertz CT molecular complexity index is 568. The van der Waals surface area contributed by atoms with Crippen molar-refractivity contribution in [2.45, 2.75) is 25.3 Å². The fourth-order valence-electron chi connectivity index (χ4n) is 1.70. The Kier molecular flexibility index (Phi) is 4.98. The molecule has 2 N–H and O–H groups in total. The van der Waals surface area contributed by atoms with Gasteiger partial charge in [0, 0.05) is 10.5 Å². The van der Waals surface area contributed by atoms with Gasteiger partial charge in [0.05, 0.1) is 5.75 Å². The molecule has 1 fully saturated rings. The largest absolute Gasteiger partial charge is 0.314 e. The van der Waals surface area contributed by atoms with Crippen LogP contribution in [0, 0.1) is 11.6 Å². The molecule has 1 saturated carbocycles. The molecular weight excluding hydrogens is 354 g/mol. The number of hydrogen-bond donors (Lipinski definition) is 2. The number of benzene rings is 1. The summed E-state index contributed by atoms with van der Waals surface area (Å²) < 4.78 is 52.8. The molecule has 1 aromatic rings. The highest BCUT2D eigenvalue weighted by Gasteiger charge is 2.21. The van der Waals surface area contributed by atoms with E-state index < -0.39 is 27.3 Å². The van der Waals surface area contributed by atoms with Crippen molar-refractivity contribution in [3.05, 3.63) is 28.2 Å². The number of hydrogen-bond acceptors (Lipinski definition) is 3. The molecule has 0 aliphatic heterocycles. The Morgan fingerprint density at radius 2 is 1.85 bits per heavy atom. The lowest BCUT2D eigenvalue weighted by atomic mass is 10.3. The molecule has 1 aliphatic carbocycles. The second-order valence-electron chi connectivity index (χ2n) is 4.75. The van der Waals surface area contributed by atoms with Gasteiger partial charge in [-0.2, -0.15) is 0 Å². The molecule has 20 heavy (non-hydrogen) atoms. The minimum Gasteiger partial charge on any atom is -0.314 e. The summed E-state index contributed by atoms with van der Waals surface area (Å²) in [6, 6.07) is 2.53. The van der Waals surface area contributed by atoms with Gasteiger partial charge >= 0.3 is 0 Å². The highest BCUT2D eigenvalue weighted by molar-refractivity contribution is 9.10. The van der Waals surface area contributed by atoms with E-state index in [2.05, 4.69) is 21.2 Å². The monoisotopic (exact) mass is 368 g/mol. The van der Waals surface area contributed by atoms with Crippen LogP contribution in [0.15, 0.2) is 16.6 Å². The first-order valence-corrected chi connectivity index (χ1v) is 8.70. The van der Waals surface area contributed by atoms with E-state index in [1.807, 2.05) is 4.72 Å². The first-order valence-electron chi connectivity index (χ1n) is 6.26. The van der Waals surface area contributed by atoms with Gasteiger partial charge in [0.1, 0.15) is 5.69 Å². The second-order valence-corrected chi connectivity index (χ2v) is 7.50. The quantitative estimate of drug-likeness (QED) is 0.727. The average Bonchev–Trinajstić information content (AvgIpc) is 3.13. The zero-order chi connectivity index (χ0) is 14.8. The Labute approximate surface area is 125 Å². The molecule has 0 heterocycles. The van der Waals surface area contributed by atoms with Gasteiger partial charge in [-0.25, -0.2) is 17.2 Å². The average molecular weight is 369 g/mol. The molecule has 0 aromatic heterocycles. The summed E-state index contributed by atoms with van der Waals surface area (Å²) in [6.07, 6.45) is 2.65. The SMILES string of the molecule is O=S(=O)(CCCNC1CC1)Nc1c(F)cc(Br)cc1F. The Morgan fingerprint density at radius 1 is 1.25 bits per heavy atom. The van der Waals surface area contributed by atoms with Crippen molar-refractivity contribution < 1.29 is 17.2 Å². The van der Waals surface area contributed by atoms with Gasteiger partial charge in [-0.1, -0.05) is 15.9 Å². The fourth-order valence-corrected chi connectivity index (χ4v) is 3.24. The smallest absolute Gasteiger partial charge is 0.232 e. The third-order valence-electron chi connectivity index (χ3n) is 2.86. The zero-order valence-corrected chi connectivity index (χ0v) is 13.0. The topological polar surface area (TPSA) is 58.2 Å². The van der Waals surface area contributed by atoms with Gasteiger partial charge in [0.2, 0.25) is 10.0 Å². The van der Waals surface area contributed by atoms with Crippen LogP contribution in [0.2, 0.25) is 0 Å². The minimum atomic E-state index is -3.76. The first kappa shape index (κ1) is 15.7. The predicted octanol–water partition coefficient (Wildman–Crippen LogP) is 2.61. The van der Waals surface area contributed by atoms with Crippen LogP contribution in [0.4, 0.5) is 14.5 Å². The number of rotatable bonds is 7. The normalized spacial score (nSPS) is 15.3. The summed E-state index contributed by atoms with van der Waals surface area (Å²) in [7, 11) is -3.76. The highest BCUT2D eigenvalue weighted by Crippen LogP contribution is 2.24. The Hall–Kier alpha value is -0.730. The molecule has 0 radical (unpaired) electrons. The molecule has 2 rings (SSSR count). The van der Waals surface area contributed by atoms with Gasteiger partial charge in [-0.3, -0.25) is 4.72 Å². The van der Waals surface area contributed by atoms with E-state index in [-0.39, 0.29) is 10.2 Å². The lowest BCUT2D eigenvalue weighted by Gasteiger charge is -2.10. The van der Waals surface area contributed by atoms with Crippen molar-refractivity contribution in [3.8, 4) is 0 Å². The summed E-state index contributed by atoms with van der Waals surface area (Å²) in [5, 5.41) is 3.18. The van der Waals surface area contributed by atoms with Crippen molar-refractivity contribution in [1.82, 2.24) is 5.32 Å². The van der Waals surface area contributed by atoms with E-state index in [4.69, 9.17) is 0 Å². The van der Waals surface area contributed by atoms with Crippen molar-refractivity contribution in [1.29, 1.82) is 0 Å². The van der Waals surface area contributed by atoms with Crippen LogP contribution in [0.5, 0.6) is 0 Å². The Balaban J connectivity index is 1.93. The number of nitrogens with one attached hydrogen (secondary N) is 2. The minimum absolute atomic E-state index is 0.179. The molecule has 0 unspecified atom stereocenters. The van der Waals surface area contributed by atoms with Crippen molar-refractivity contribution in [3.63, 3.8) is 0 Å². The molecule has 0 amide bonds.